The van der Waals surface area contributed by atoms with Crippen LogP contribution in [0.3, 0.4) is 0 Å². The Labute approximate surface area is 133 Å². The summed E-state index contributed by atoms with van der Waals surface area (Å²) in [7, 11) is 0. The summed E-state index contributed by atoms with van der Waals surface area (Å²) in [6.07, 6.45) is 0.166. The highest BCUT2D eigenvalue weighted by Gasteiger charge is 2.24. The van der Waals surface area contributed by atoms with E-state index in [9.17, 15) is 14.9 Å². The third kappa shape index (κ3) is 4.40. The molecule has 0 aromatic heterocycles. The molecule has 8 heteroatoms. The lowest BCUT2D eigenvalue weighted by atomic mass is 10.2. The molecule has 1 heterocycles. The number of nitro benzene ring substituents is 1. The van der Waals surface area contributed by atoms with Crippen molar-refractivity contribution >= 4 is 28.9 Å². The first-order chi connectivity index (χ1) is 10.3. The number of benzene rings is 1. The second kappa shape index (κ2) is 7.04. The van der Waals surface area contributed by atoms with Crippen molar-refractivity contribution in [1.29, 1.82) is 0 Å². The molecular formula is C14H18ClN3O4. The van der Waals surface area contributed by atoms with Gasteiger partial charge < -0.3 is 10.1 Å². The standard InChI is InChI=1S/C14H18ClN3O4/c1-9-6-17(7-10(2)22-9)8-14(19)16-13-4-3-11(18(20)21)5-12(13)15/h3-5,9-10H,6-8H2,1-2H3,(H,16,19)/t9-,10-/m1/s1. The Morgan fingerprint density at radius 3 is 2.64 bits per heavy atom. The highest BCUT2D eigenvalue weighted by molar-refractivity contribution is 6.34. The first-order valence-electron chi connectivity index (χ1n) is 6.96. The lowest BCUT2D eigenvalue weighted by molar-refractivity contribution is -0.384. The molecule has 2 atom stereocenters. The van der Waals surface area contributed by atoms with Gasteiger partial charge in [0.1, 0.15) is 0 Å². The molecule has 0 unspecified atom stereocenters. The number of nitro groups is 1. The lowest BCUT2D eigenvalue weighted by Crippen LogP contribution is -2.48. The van der Waals surface area contributed by atoms with Gasteiger partial charge in [-0.25, -0.2) is 0 Å². The van der Waals surface area contributed by atoms with E-state index in [1.165, 1.54) is 18.2 Å². The van der Waals surface area contributed by atoms with Gasteiger partial charge >= 0.3 is 0 Å². The van der Waals surface area contributed by atoms with Crippen LogP contribution in [0.5, 0.6) is 0 Å². The fourth-order valence-electron chi connectivity index (χ4n) is 2.53. The van der Waals surface area contributed by atoms with Crippen LogP contribution in [0.1, 0.15) is 13.8 Å². The first-order valence-corrected chi connectivity index (χ1v) is 7.34. The van der Waals surface area contributed by atoms with Crippen molar-refractivity contribution in [2.24, 2.45) is 0 Å². The third-order valence-corrected chi connectivity index (χ3v) is 3.61. The average molecular weight is 328 g/mol. The molecule has 1 aromatic rings. The monoisotopic (exact) mass is 327 g/mol. The number of nitrogens with one attached hydrogen (secondary N) is 1. The lowest BCUT2D eigenvalue weighted by Gasteiger charge is -2.34. The number of anilines is 1. The average Bonchev–Trinajstić information content (AvgIpc) is 2.39. The van der Waals surface area contributed by atoms with Crippen molar-refractivity contribution in [3.8, 4) is 0 Å². The second-order valence-corrected chi connectivity index (χ2v) is 5.83. The Balaban J connectivity index is 1.96. The number of hydrogen-bond donors (Lipinski definition) is 1. The van der Waals surface area contributed by atoms with E-state index in [0.29, 0.717) is 18.8 Å². The van der Waals surface area contributed by atoms with Crippen molar-refractivity contribution in [3.05, 3.63) is 33.3 Å². The number of non-ortho nitro benzene ring substituents is 1. The third-order valence-electron chi connectivity index (χ3n) is 3.30. The normalized spacial score (nSPS) is 22.3. The van der Waals surface area contributed by atoms with E-state index in [4.69, 9.17) is 16.3 Å². The minimum absolute atomic E-state index is 0.0829. The number of ether oxygens (including phenoxy) is 1. The Kier molecular flexibility index (Phi) is 5.33. The zero-order valence-corrected chi connectivity index (χ0v) is 13.2. The van der Waals surface area contributed by atoms with Crippen LogP contribution in [-0.4, -0.2) is 47.6 Å². The van der Waals surface area contributed by atoms with E-state index in [0.717, 1.165) is 0 Å². The summed E-state index contributed by atoms with van der Waals surface area (Å²) in [6.45, 7) is 5.53. The Morgan fingerprint density at radius 1 is 1.45 bits per heavy atom. The van der Waals surface area contributed by atoms with Gasteiger partial charge in [-0.1, -0.05) is 11.6 Å². The van der Waals surface area contributed by atoms with E-state index in [2.05, 4.69) is 5.32 Å². The number of morpholine rings is 1. The summed E-state index contributed by atoms with van der Waals surface area (Å²) in [5, 5.41) is 13.5. The van der Waals surface area contributed by atoms with Gasteiger partial charge in [0.25, 0.3) is 5.69 Å². The quantitative estimate of drug-likeness (QED) is 0.677. The van der Waals surface area contributed by atoms with E-state index < -0.39 is 4.92 Å². The summed E-state index contributed by atoms with van der Waals surface area (Å²) in [6, 6.07) is 3.96. The fraction of sp³-hybridized carbons (Fsp3) is 0.500. The van der Waals surface area contributed by atoms with Crippen LogP contribution in [-0.2, 0) is 9.53 Å². The maximum atomic E-state index is 12.1. The number of rotatable bonds is 4. The maximum Gasteiger partial charge on any atom is 0.271 e. The van der Waals surface area contributed by atoms with Gasteiger partial charge in [-0.15, -0.1) is 0 Å². The molecule has 1 amide bonds. The molecule has 1 aliphatic rings. The molecule has 7 nitrogen and oxygen atoms in total. The summed E-state index contributed by atoms with van der Waals surface area (Å²) in [5.74, 6) is -0.211. The fourth-order valence-corrected chi connectivity index (χ4v) is 2.75. The van der Waals surface area contributed by atoms with E-state index in [-0.39, 0.29) is 35.4 Å². The summed E-state index contributed by atoms with van der Waals surface area (Å²) in [5.41, 5.74) is 0.255. The Bertz CT molecular complexity index is 571. The van der Waals surface area contributed by atoms with E-state index in [1.807, 2.05) is 18.7 Å². The van der Waals surface area contributed by atoms with Gasteiger partial charge in [0.15, 0.2) is 0 Å². The van der Waals surface area contributed by atoms with Crippen LogP contribution in [0, 0.1) is 10.1 Å². The molecule has 1 aliphatic heterocycles. The minimum atomic E-state index is -0.534. The molecule has 0 radical (unpaired) electrons. The number of hydrogen-bond acceptors (Lipinski definition) is 5. The summed E-state index contributed by atoms with van der Waals surface area (Å²) < 4.78 is 5.61. The van der Waals surface area contributed by atoms with E-state index >= 15 is 0 Å². The molecule has 0 saturated carbocycles. The Morgan fingerprint density at radius 2 is 2.09 bits per heavy atom. The van der Waals surface area contributed by atoms with Crippen LogP contribution < -0.4 is 5.32 Å². The molecule has 1 N–H and O–H groups in total. The zero-order chi connectivity index (χ0) is 16.3. The highest BCUT2D eigenvalue weighted by Crippen LogP contribution is 2.26. The predicted octanol–water partition coefficient (Wildman–Crippen LogP) is 2.30. The second-order valence-electron chi connectivity index (χ2n) is 5.42. The van der Waals surface area contributed by atoms with Crippen molar-refractivity contribution in [2.75, 3.05) is 25.0 Å². The maximum absolute atomic E-state index is 12.1. The highest BCUT2D eigenvalue weighted by atomic mass is 35.5. The zero-order valence-electron chi connectivity index (χ0n) is 12.4. The molecule has 0 bridgehead atoms. The van der Waals surface area contributed by atoms with Crippen LogP contribution in [0.25, 0.3) is 0 Å². The van der Waals surface area contributed by atoms with Crippen molar-refractivity contribution in [3.63, 3.8) is 0 Å². The molecule has 1 saturated heterocycles. The first kappa shape index (κ1) is 16.7. The van der Waals surface area contributed by atoms with Crippen LogP contribution in [0.15, 0.2) is 18.2 Å². The van der Waals surface area contributed by atoms with Gasteiger partial charge in [0.2, 0.25) is 5.91 Å². The van der Waals surface area contributed by atoms with Gasteiger partial charge in [-0.05, 0) is 19.9 Å². The molecule has 22 heavy (non-hydrogen) atoms. The minimum Gasteiger partial charge on any atom is -0.373 e. The van der Waals surface area contributed by atoms with E-state index in [1.54, 1.807) is 0 Å². The van der Waals surface area contributed by atoms with Crippen molar-refractivity contribution < 1.29 is 14.5 Å². The summed E-state index contributed by atoms with van der Waals surface area (Å²) in [4.78, 5) is 24.2. The van der Waals surface area contributed by atoms with Crippen LogP contribution in [0.4, 0.5) is 11.4 Å². The largest absolute Gasteiger partial charge is 0.373 e. The topological polar surface area (TPSA) is 84.7 Å². The number of carbonyl (C=O) groups is 1. The molecule has 2 rings (SSSR count). The van der Waals surface area contributed by atoms with Gasteiger partial charge in [0, 0.05) is 25.2 Å². The number of amides is 1. The van der Waals surface area contributed by atoms with Gasteiger partial charge in [-0.3, -0.25) is 19.8 Å². The molecular weight excluding hydrogens is 310 g/mol. The molecule has 0 aliphatic carbocycles. The Hall–Kier alpha value is -1.70. The SMILES string of the molecule is C[C@@H]1CN(CC(=O)Nc2ccc([N+](=O)[O-])cc2Cl)C[C@@H](C)O1. The molecule has 1 fully saturated rings. The molecule has 1 aromatic carbocycles. The molecule has 0 spiro atoms. The van der Waals surface area contributed by atoms with Crippen LogP contribution >= 0.6 is 11.6 Å². The summed E-state index contributed by atoms with van der Waals surface area (Å²) >= 11 is 5.95. The predicted molar refractivity (Wildman–Crippen MR) is 83.2 cm³/mol. The number of carbonyl (C=O) groups excluding carboxylic acids is 1. The number of halogens is 1. The number of nitrogens with zero attached hydrogens (tertiary/aromatic N) is 2. The van der Waals surface area contributed by atoms with Crippen LogP contribution in [0.2, 0.25) is 5.02 Å². The van der Waals surface area contributed by atoms with Gasteiger partial charge in [0.05, 0.1) is 34.4 Å². The van der Waals surface area contributed by atoms with Crippen molar-refractivity contribution in [2.45, 2.75) is 26.1 Å². The van der Waals surface area contributed by atoms with Gasteiger partial charge in [-0.2, -0.15) is 0 Å². The smallest absolute Gasteiger partial charge is 0.271 e. The molecule has 120 valence electrons. The van der Waals surface area contributed by atoms with Crippen molar-refractivity contribution in [1.82, 2.24) is 4.90 Å².